The van der Waals surface area contributed by atoms with E-state index in [1.807, 2.05) is 39.8 Å². The zero-order valence-electron chi connectivity index (χ0n) is 11.7. The Labute approximate surface area is 108 Å². The molecule has 1 aromatic carbocycles. The van der Waals surface area contributed by atoms with E-state index < -0.39 is 0 Å². The molecule has 0 fully saturated rings. The van der Waals surface area contributed by atoms with Gasteiger partial charge in [-0.1, -0.05) is 29.8 Å². The fourth-order valence-electron chi connectivity index (χ4n) is 1.94. The van der Waals surface area contributed by atoms with Crippen LogP contribution in [-0.4, -0.2) is 14.9 Å². The van der Waals surface area contributed by atoms with Gasteiger partial charge in [0, 0.05) is 11.1 Å². The first-order valence-electron chi connectivity index (χ1n) is 6.17. The Balaban J connectivity index is 2.56. The molecular formula is C15H20N2O. The van der Waals surface area contributed by atoms with E-state index in [2.05, 4.69) is 24.2 Å². The second kappa shape index (κ2) is 4.16. The number of aryl methyl sites for hydroxylation is 1. The topological polar surface area (TPSA) is 38.0 Å². The monoisotopic (exact) mass is 244 g/mol. The molecule has 1 aromatic heterocycles. The maximum atomic E-state index is 10.2. The van der Waals surface area contributed by atoms with Crippen molar-refractivity contribution in [1.29, 1.82) is 0 Å². The van der Waals surface area contributed by atoms with Crippen LogP contribution in [0.4, 0.5) is 0 Å². The van der Waals surface area contributed by atoms with Gasteiger partial charge in [0.1, 0.15) is 0 Å². The number of benzene rings is 1. The second-order valence-electron chi connectivity index (χ2n) is 5.75. The van der Waals surface area contributed by atoms with Gasteiger partial charge in [0.05, 0.1) is 11.2 Å². The highest BCUT2D eigenvalue weighted by atomic mass is 16.3. The summed E-state index contributed by atoms with van der Waals surface area (Å²) in [6.07, 6.45) is 0. The van der Waals surface area contributed by atoms with Gasteiger partial charge in [-0.25, -0.2) is 4.68 Å². The standard InChI is InChI=1S/C15H20N2O/c1-10-6-8-12(9-7-10)13-11(2)14(18)17(16-13)15(3,4)5/h6-9,18H,1-5H3. The lowest BCUT2D eigenvalue weighted by Crippen LogP contribution is -2.22. The SMILES string of the molecule is Cc1ccc(-c2nn(C(C)(C)C)c(O)c2C)cc1. The summed E-state index contributed by atoms with van der Waals surface area (Å²) in [7, 11) is 0. The molecule has 0 amide bonds. The normalized spacial score (nSPS) is 11.8. The molecule has 0 radical (unpaired) electrons. The van der Waals surface area contributed by atoms with Crippen LogP contribution in [0.25, 0.3) is 11.3 Å². The molecule has 1 heterocycles. The van der Waals surface area contributed by atoms with Crippen molar-refractivity contribution in [1.82, 2.24) is 9.78 Å². The molecule has 0 bridgehead atoms. The van der Waals surface area contributed by atoms with Crippen LogP contribution in [0.1, 0.15) is 31.9 Å². The molecule has 0 aliphatic heterocycles. The van der Waals surface area contributed by atoms with Crippen LogP contribution in [-0.2, 0) is 5.54 Å². The van der Waals surface area contributed by atoms with Gasteiger partial charge in [-0.3, -0.25) is 0 Å². The highest BCUT2D eigenvalue weighted by Gasteiger charge is 2.23. The molecule has 2 aromatic rings. The molecule has 18 heavy (non-hydrogen) atoms. The third-order valence-corrected chi connectivity index (χ3v) is 3.05. The van der Waals surface area contributed by atoms with Crippen LogP contribution in [0.3, 0.4) is 0 Å². The van der Waals surface area contributed by atoms with E-state index in [1.54, 1.807) is 4.68 Å². The summed E-state index contributed by atoms with van der Waals surface area (Å²) in [6.45, 7) is 10.0. The van der Waals surface area contributed by atoms with Gasteiger partial charge in [0.2, 0.25) is 5.88 Å². The highest BCUT2D eigenvalue weighted by Crippen LogP contribution is 2.32. The quantitative estimate of drug-likeness (QED) is 0.832. The molecule has 0 atom stereocenters. The van der Waals surface area contributed by atoms with Crippen molar-refractivity contribution >= 4 is 0 Å². The molecule has 0 spiro atoms. The zero-order valence-corrected chi connectivity index (χ0v) is 11.7. The minimum atomic E-state index is -0.224. The number of aromatic nitrogens is 2. The summed E-state index contributed by atoms with van der Waals surface area (Å²) >= 11 is 0. The highest BCUT2D eigenvalue weighted by molar-refractivity contribution is 5.65. The van der Waals surface area contributed by atoms with Gasteiger partial charge < -0.3 is 5.11 Å². The first-order valence-corrected chi connectivity index (χ1v) is 6.17. The molecule has 0 saturated heterocycles. The number of aromatic hydroxyl groups is 1. The van der Waals surface area contributed by atoms with Crippen molar-refractivity contribution in [3.05, 3.63) is 35.4 Å². The van der Waals surface area contributed by atoms with Crippen molar-refractivity contribution < 1.29 is 5.11 Å². The lowest BCUT2D eigenvalue weighted by molar-refractivity contribution is 0.294. The molecule has 1 N–H and O–H groups in total. The minimum Gasteiger partial charge on any atom is -0.493 e. The lowest BCUT2D eigenvalue weighted by atomic mass is 10.1. The molecule has 0 unspecified atom stereocenters. The second-order valence-corrected chi connectivity index (χ2v) is 5.75. The van der Waals surface area contributed by atoms with Crippen LogP contribution in [0.5, 0.6) is 5.88 Å². The minimum absolute atomic E-state index is 0.224. The van der Waals surface area contributed by atoms with Crippen LogP contribution in [0, 0.1) is 13.8 Å². The smallest absolute Gasteiger partial charge is 0.213 e. The van der Waals surface area contributed by atoms with Crippen molar-refractivity contribution in [3.63, 3.8) is 0 Å². The third-order valence-electron chi connectivity index (χ3n) is 3.05. The molecule has 3 heteroatoms. The van der Waals surface area contributed by atoms with E-state index in [9.17, 15) is 5.11 Å². The van der Waals surface area contributed by atoms with E-state index in [0.29, 0.717) is 0 Å². The molecule has 0 aliphatic carbocycles. The number of hydrogen-bond acceptors (Lipinski definition) is 2. The van der Waals surface area contributed by atoms with Crippen molar-refractivity contribution in [2.75, 3.05) is 0 Å². The zero-order chi connectivity index (χ0) is 13.5. The van der Waals surface area contributed by atoms with Crippen molar-refractivity contribution in [2.45, 2.75) is 40.2 Å². The van der Waals surface area contributed by atoms with Crippen LogP contribution in [0.15, 0.2) is 24.3 Å². The van der Waals surface area contributed by atoms with Crippen LogP contribution in [0.2, 0.25) is 0 Å². The van der Waals surface area contributed by atoms with Crippen LogP contribution < -0.4 is 0 Å². The Kier molecular flexibility index (Phi) is 2.93. The van der Waals surface area contributed by atoms with Gasteiger partial charge in [-0.2, -0.15) is 5.10 Å². The first kappa shape index (κ1) is 12.7. The van der Waals surface area contributed by atoms with E-state index in [1.165, 1.54) is 5.56 Å². The average molecular weight is 244 g/mol. The Bertz CT molecular complexity index is 559. The molecule has 3 nitrogen and oxygen atoms in total. The molecule has 0 saturated carbocycles. The van der Waals surface area contributed by atoms with Gasteiger partial charge >= 0.3 is 0 Å². The summed E-state index contributed by atoms with van der Waals surface area (Å²) in [5.41, 5.74) is 3.71. The third kappa shape index (κ3) is 2.13. The summed E-state index contributed by atoms with van der Waals surface area (Å²) in [5.74, 6) is 0.248. The molecular weight excluding hydrogens is 224 g/mol. The maximum absolute atomic E-state index is 10.2. The number of nitrogens with zero attached hydrogens (tertiary/aromatic N) is 2. The maximum Gasteiger partial charge on any atom is 0.213 e. The Morgan fingerprint density at radius 1 is 1.06 bits per heavy atom. The van der Waals surface area contributed by atoms with Gasteiger partial charge in [-0.15, -0.1) is 0 Å². The number of hydrogen-bond donors (Lipinski definition) is 1. The van der Waals surface area contributed by atoms with E-state index in [0.717, 1.165) is 16.8 Å². The molecule has 0 aliphatic rings. The Morgan fingerprint density at radius 3 is 2.06 bits per heavy atom. The van der Waals surface area contributed by atoms with Crippen molar-refractivity contribution in [3.8, 4) is 17.1 Å². The van der Waals surface area contributed by atoms with Gasteiger partial charge in [0.25, 0.3) is 0 Å². The predicted octanol–water partition coefficient (Wildman–Crippen LogP) is 3.63. The molecule has 2 rings (SSSR count). The predicted molar refractivity (Wildman–Crippen MR) is 73.8 cm³/mol. The van der Waals surface area contributed by atoms with E-state index >= 15 is 0 Å². The summed E-state index contributed by atoms with van der Waals surface area (Å²) < 4.78 is 1.68. The fraction of sp³-hybridized carbons (Fsp3) is 0.400. The van der Waals surface area contributed by atoms with E-state index in [-0.39, 0.29) is 11.4 Å². The summed E-state index contributed by atoms with van der Waals surface area (Å²) in [6, 6.07) is 8.19. The average Bonchev–Trinajstić information content (AvgIpc) is 2.57. The Morgan fingerprint density at radius 2 is 1.61 bits per heavy atom. The number of rotatable bonds is 1. The first-order chi connectivity index (χ1) is 8.30. The van der Waals surface area contributed by atoms with Gasteiger partial charge in [-0.05, 0) is 34.6 Å². The Hall–Kier alpha value is -1.77. The van der Waals surface area contributed by atoms with E-state index in [4.69, 9.17) is 0 Å². The summed E-state index contributed by atoms with van der Waals surface area (Å²) in [5, 5.41) is 14.7. The van der Waals surface area contributed by atoms with Gasteiger partial charge in [0.15, 0.2) is 0 Å². The lowest BCUT2D eigenvalue weighted by Gasteiger charge is -2.19. The summed E-state index contributed by atoms with van der Waals surface area (Å²) in [4.78, 5) is 0. The largest absolute Gasteiger partial charge is 0.493 e. The van der Waals surface area contributed by atoms with Crippen molar-refractivity contribution in [2.24, 2.45) is 0 Å². The molecule has 96 valence electrons. The van der Waals surface area contributed by atoms with Crippen LogP contribution >= 0.6 is 0 Å². The fourth-order valence-corrected chi connectivity index (χ4v) is 1.94.